The van der Waals surface area contributed by atoms with Crippen LogP contribution >= 0.6 is 15.9 Å². The summed E-state index contributed by atoms with van der Waals surface area (Å²) in [6.07, 6.45) is 4.07. The summed E-state index contributed by atoms with van der Waals surface area (Å²) in [6, 6.07) is 0. The van der Waals surface area contributed by atoms with E-state index in [0.717, 1.165) is 49.6 Å². The van der Waals surface area contributed by atoms with Gasteiger partial charge in [0.05, 0.1) is 17.8 Å². The molecule has 0 unspecified atom stereocenters. The summed E-state index contributed by atoms with van der Waals surface area (Å²) in [5.41, 5.74) is 0. The van der Waals surface area contributed by atoms with Gasteiger partial charge in [-0.3, -0.25) is 4.99 Å². The molecule has 1 saturated heterocycles. The number of piperazine rings is 1. The van der Waals surface area contributed by atoms with Crippen LogP contribution in [0.2, 0.25) is 0 Å². The molecular formula is C15H25BrN6O. The summed E-state index contributed by atoms with van der Waals surface area (Å²) in [6.45, 7) is 6.67. The molecule has 0 atom stereocenters. The largest absolute Gasteiger partial charge is 0.480 e. The van der Waals surface area contributed by atoms with Gasteiger partial charge in [-0.2, -0.15) is 4.98 Å². The second kappa shape index (κ2) is 8.90. The van der Waals surface area contributed by atoms with Crippen LogP contribution in [0.1, 0.15) is 19.8 Å². The number of nitrogens with one attached hydrogen (secondary N) is 1. The molecular weight excluding hydrogens is 360 g/mol. The van der Waals surface area contributed by atoms with Gasteiger partial charge in [0.1, 0.15) is 0 Å². The molecule has 23 heavy (non-hydrogen) atoms. The Balaban J connectivity index is 1.92. The van der Waals surface area contributed by atoms with Crippen molar-refractivity contribution in [3.63, 3.8) is 0 Å². The first kappa shape index (κ1) is 17.8. The predicted octanol–water partition coefficient (Wildman–Crippen LogP) is 1.75. The third-order valence-corrected chi connectivity index (χ3v) is 4.32. The lowest BCUT2D eigenvalue weighted by Gasteiger charge is -2.36. The molecule has 0 radical (unpaired) electrons. The third kappa shape index (κ3) is 4.70. The van der Waals surface area contributed by atoms with Crippen molar-refractivity contribution in [3.05, 3.63) is 10.7 Å². The molecule has 0 saturated carbocycles. The maximum absolute atomic E-state index is 5.24. The van der Waals surface area contributed by atoms with E-state index < -0.39 is 0 Å². The molecule has 2 heterocycles. The summed E-state index contributed by atoms with van der Waals surface area (Å²) in [7, 11) is 3.45. The van der Waals surface area contributed by atoms with Crippen LogP contribution in [0.4, 0.5) is 5.95 Å². The predicted molar refractivity (Wildman–Crippen MR) is 96.3 cm³/mol. The van der Waals surface area contributed by atoms with Crippen molar-refractivity contribution < 1.29 is 4.74 Å². The Bertz CT molecular complexity index is 531. The van der Waals surface area contributed by atoms with E-state index in [2.05, 4.69) is 52.9 Å². The fourth-order valence-corrected chi connectivity index (χ4v) is 2.82. The highest BCUT2D eigenvalue weighted by Gasteiger charge is 2.21. The normalized spacial score (nSPS) is 15.7. The number of guanidine groups is 1. The molecule has 2 rings (SSSR count). The molecule has 128 valence electrons. The van der Waals surface area contributed by atoms with Crippen LogP contribution in [0.5, 0.6) is 5.88 Å². The molecule has 0 spiro atoms. The first-order chi connectivity index (χ1) is 11.2. The number of hydrogen-bond acceptors (Lipinski definition) is 5. The Labute approximate surface area is 146 Å². The number of rotatable bonds is 5. The van der Waals surface area contributed by atoms with Crippen molar-refractivity contribution in [3.8, 4) is 5.88 Å². The van der Waals surface area contributed by atoms with Gasteiger partial charge in [0.15, 0.2) is 5.96 Å². The van der Waals surface area contributed by atoms with E-state index in [0.29, 0.717) is 11.8 Å². The summed E-state index contributed by atoms with van der Waals surface area (Å²) >= 11 is 3.38. The lowest BCUT2D eigenvalue weighted by molar-refractivity contribution is 0.366. The SMILES string of the molecule is CCCCNC(=NC)N1CCN(c2ncc(Br)c(OC)n2)CC1. The van der Waals surface area contributed by atoms with E-state index in [9.17, 15) is 0 Å². The van der Waals surface area contributed by atoms with Crippen LogP contribution in [0.3, 0.4) is 0 Å². The minimum Gasteiger partial charge on any atom is -0.480 e. The molecule has 7 nitrogen and oxygen atoms in total. The monoisotopic (exact) mass is 384 g/mol. The van der Waals surface area contributed by atoms with Crippen molar-refractivity contribution in [1.82, 2.24) is 20.2 Å². The Hall–Kier alpha value is -1.57. The zero-order valence-corrected chi connectivity index (χ0v) is 15.6. The highest BCUT2D eigenvalue weighted by atomic mass is 79.9. The van der Waals surface area contributed by atoms with Gasteiger partial charge in [-0.1, -0.05) is 13.3 Å². The quantitative estimate of drug-likeness (QED) is 0.473. The molecule has 1 aliphatic heterocycles. The first-order valence-corrected chi connectivity index (χ1v) is 8.76. The fraction of sp³-hybridized carbons (Fsp3) is 0.667. The first-order valence-electron chi connectivity index (χ1n) is 7.96. The van der Waals surface area contributed by atoms with Crippen molar-refractivity contribution in [1.29, 1.82) is 0 Å². The standard InChI is InChI=1S/C15H25BrN6O/c1-4-5-6-18-14(17-2)21-7-9-22(10-8-21)15-19-11-12(16)13(20-15)23-3/h11H,4-10H2,1-3H3,(H,17,18). The number of hydrogen-bond donors (Lipinski definition) is 1. The number of aromatic nitrogens is 2. The van der Waals surface area contributed by atoms with Gasteiger partial charge >= 0.3 is 0 Å². The highest BCUT2D eigenvalue weighted by Crippen LogP contribution is 2.23. The van der Waals surface area contributed by atoms with E-state index in [1.807, 2.05) is 7.05 Å². The Morgan fingerprint density at radius 1 is 1.39 bits per heavy atom. The molecule has 1 aromatic heterocycles. The van der Waals surface area contributed by atoms with Crippen molar-refractivity contribution in [2.45, 2.75) is 19.8 Å². The molecule has 0 aliphatic carbocycles. The Morgan fingerprint density at radius 3 is 2.74 bits per heavy atom. The van der Waals surface area contributed by atoms with Gasteiger partial charge in [0, 0.05) is 39.8 Å². The molecule has 0 amide bonds. The number of halogens is 1. The smallest absolute Gasteiger partial charge is 0.232 e. The molecule has 1 aliphatic rings. The van der Waals surface area contributed by atoms with Gasteiger partial charge < -0.3 is 19.9 Å². The van der Waals surface area contributed by atoms with Crippen molar-refractivity contribution >= 4 is 27.8 Å². The van der Waals surface area contributed by atoms with Gasteiger partial charge in [-0.05, 0) is 22.4 Å². The topological polar surface area (TPSA) is 65.9 Å². The molecule has 1 fully saturated rings. The lowest BCUT2D eigenvalue weighted by atomic mass is 10.3. The van der Waals surface area contributed by atoms with Crippen LogP contribution in [-0.4, -0.2) is 67.7 Å². The van der Waals surface area contributed by atoms with Crippen LogP contribution in [-0.2, 0) is 0 Å². The number of nitrogens with zero attached hydrogens (tertiary/aromatic N) is 5. The second-order valence-electron chi connectivity index (χ2n) is 5.33. The average molecular weight is 385 g/mol. The number of methoxy groups -OCH3 is 1. The third-order valence-electron chi connectivity index (χ3n) is 3.78. The minimum absolute atomic E-state index is 0.564. The molecule has 8 heteroatoms. The molecule has 0 bridgehead atoms. The van der Waals surface area contributed by atoms with Gasteiger partial charge in [0.25, 0.3) is 0 Å². The van der Waals surface area contributed by atoms with E-state index in [1.54, 1.807) is 13.3 Å². The van der Waals surface area contributed by atoms with Gasteiger partial charge in [-0.15, -0.1) is 0 Å². The van der Waals surface area contributed by atoms with Crippen molar-refractivity contribution in [2.24, 2.45) is 4.99 Å². The maximum atomic E-state index is 5.24. The fourth-order valence-electron chi connectivity index (χ4n) is 2.47. The average Bonchev–Trinajstić information content (AvgIpc) is 2.59. The zero-order valence-electron chi connectivity index (χ0n) is 14.0. The van der Waals surface area contributed by atoms with Crippen LogP contribution < -0.4 is 15.0 Å². The number of anilines is 1. The molecule has 1 N–H and O–H groups in total. The van der Waals surface area contributed by atoms with E-state index in [-0.39, 0.29) is 0 Å². The maximum Gasteiger partial charge on any atom is 0.232 e. The number of aliphatic imine (C=N–C) groups is 1. The number of ether oxygens (including phenoxy) is 1. The summed E-state index contributed by atoms with van der Waals surface area (Å²) in [4.78, 5) is 17.7. The van der Waals surface area contributed by atoms with Crippen LogP contribution in [0.15, 0.2) is 15.7 Å². The molecule has 1 aromatic rings. The Kier molecular flexibility index (Phi) is 6.88. The zero-order chi connectivity index (χ0) is 16.7. The van der Waals surface area contributed by atoms with Crippen LogP contribution in [0.25, 0.3) is 0 Å². The number of unbranched alkanes of at least 4 members (excludes halogenated alkanes) is 1. The summed E-state index contributed by atoms with van der Waals surface area (Å²) < 4.78 is 6.01. The summed E-state index contributed by atoms with van der Waals surface area (Å²) in [5.74, 6) is 2.25. The Morgan fingerprint density at radius 2 is 2.13 bits per heavy atom. The minimum atomic E-state index is 0.564. The summed E-state index contributed by atoms with van der Waals surface area (Å²) in [5, 5.41) is 3.42. The lowest BCUT2D eigenvalue weighted by Crippen LogP contribution is -2.53. The highest BCUT2D eigenvalue weighted by molar-refractivity contribution is 9.10. The van der Waals surface area contributed by atoms with E-state index in [4.69, 9.17) is 4.74 Å². The van der Waals surface area contributed by atoms with Crippen LogP contribution in [0, 0.1) is 0 Å². The molecule has 0 aromatic carbocycles. The van der Waals surface area contributed by atoms with E-state index in [1.165, 1.54) is 6.42 Å². The van der Waals surface area contributed by atoms with Gasteiger partial charge in [-0.25, -0.2) is 4.98 Å². The van der Waals surface area contributed by atoms with Crippen molar-refractivity contribution in [2.75, 3.05) is 51.8 Å². The van der Waals surface area contributed by atoms with Gasteiger partial charge in [0.2, 0.25) is 11.8 Å². The second-order valence-corrected chi connectivity index (χ2v) is 6.18. The van der Waals surface area contributed by atoms with E-state index >= 15 is 0 Å².